The van der Waals surface area contributed by atoms with Crippen LogP contribution in [0.15, 0.2) is 23.9 Å². The van der Waals surface area contributed by atoms with Crippen LogP contribution in [0.25, 0.3) is 0 Å². The molecule has 2 heteroatoms. The van der Waals surface area contributed by atoms with Crippen LogP contribution in [0.1, 0.15) is 12.8 Å². The quantitative estimate of drug-likeness (QED) is 0.633. The van der Waals surface area contributed by atoms with Crippen LogP contribution in [0.2, 0.25) is 0 Å². The second-order valence-corrected chi connectivity index (χ2v) is 3.02. The second kappa shape index (κ2) is 4.99. The molecule has 0 aliphatic heterocycles. The average Bonchev–Trinajstić information content (AvgIpc) is 2.15. The zero-order valence-electron chi connectivity index (χ0n) is 7.92. The molecule has 1 aliphatic rings. The van der Waals surface area contributed by atoms with Crippen LogP contribution in [0, 0.1) is 0 Å². The van der Waals surface area contributed by atoms with Crippen LogP contribution in [-0.2, 0) is 4.74 Å². The molecule has 0 bridgehead atoms. The third-order valence-corrected chi connectivity index (χ3v) is 2.05. The molecule has 68 valence electrons. The number of hydrogen-bond donors (Lipinski definition) is 0. The van der Waals surface area contributed by atoms with E-state index in [4.69, 9.17) is 4.74 Å². The van der Waals surface area contributed by atoms with Gasteiger partial charge in [-0.15, -0.1) is 0 Å². The van der Waals surface area contributed by atoms with Gasteiger partial charge in [-0.3, -0.25) is 0 Å². The van der Waals surface area contributed by atoms with E-state index < -0.39 is 0 Å². The summed E-state index contributed by atoms with van der Waals surface area (Å²) in [7, 11) is 3.83. The standard InChI is InChI=1S/C10H17NO/c1-11(8-9-12-2)10-6-4-3-5-7-10/h4,6-7H,3,5,8-9H2,1-2H3. The van der Waals surface area contributed by atoms with E-state index in [2.05, 4.69) is 30.2 Å². The first kappa shape index (κ1) is 9.33. The van der Waals surface area contributed by atoms with Gasteiger partial charge in [0, 0.05) is 26.4 Å². The lowest BCUT2D eigenvalue weighted by atomic mass is 10.1. The largest absolute Gasteiger partial charge is 0.383 e. The van der Waals surface area contributed by atoms with Crippen molar-refractivity contribution in [2.24, 2.45) is 0 Å². The highest BCUT2D eigenvalue weighted by molar-refractivity contribution is 5.20. The summed E-state index contributed by atoms with van der Waals surface area (Å²) in [6.07, 6.45) is 9.03. The molecule has 0 saturated heterocycles. The van der Waals surface area contributed by atoms with E-state index >= 15 is 0 Å². The molecule has 0 saturated carbocycles. The van der Waals surface area contributed by atoms with Gasteiger partial charge in [0.15, 0.2) is 0 Å². The van der Waals surface area contributed by atoms with Gasteiger partial charge in [-0.05, 0) is 18.9 Å². The first-order valence-electron chi connectivity index (χ1n) is 4.41. The van der Waals surface area contributed by atoms with Crippen LogP contribution >= 0.6 is 0 Å². The van der Waals surface area contributed by atoms with E-state index in [9.17, 15) is 0 Å². The molecule has 0 radical (unpaired) electrons. The lowest BCUT2D eigenvalue weighted by Gasteiger charge is -2.21. The molecule has 0 N–H and O–H groups in total. The van der Waals surface area contributed by atoms with Crippen LogP contribution in [-0.4, -0.2) is 32.2 Å². The minimum absolute atomic E-state index is 0.793. The van der Waals surface area contributed by atoms with Gasteiger partial charge in [0.25, 0.3) is 0 Å². The Balaban J connectivity index is 2.35. The van der Waals surface area contributed by atoms with Crippen molar-refractivity contribution in [2.45, 2.75) is 12.8 Å². The van der Waals surface area contributed by atoms with Crippen molar-refractivity contribution in [1.29, 1.82) is 0 Å². The van der Waals surface area contributed by atoms with Crippen LogP contribution in [0.4, 0.5) is 0 Å². The molecule has 0 atom stereocenters. The molecule has 2 nitrogen and oxygen atoms in total. The molecule has 0 aromatic carbocycles. The van der Waals surface area contributed by atoms with Crippen molar-refractivity contribution in [3.05, 3.63) is 23.9 Å². The van der Waals surface area contributed by atoms with Crippen molar-refractivity contribution in [1.82, 2.24) is 4.90 Å². The highest BCUT2D eigenvalue weighted by atomic mass is 16.5. The monoisotopic (exact) mass is 167 g/mol. The van der Waals surface area contributed by atoms with Gasteiger partial charge in [0.05, 0.1) is 6.61 Å². The van der Waals surface area contributed by atoms with Gasteiger partial charge in [0.1, 0.15) is 0 Å². The van der Waals surface area contributed by atoms with Crippen LogP contribution in [0.3, 0.4) is 0 Å². The topological polar surface area (TPSA) is 12.5 Å². The van der Waals surface area contributed by atoms with Gasteiger partial charge in [-0.2, -0.15) is 0 Å². The summed E-state index contributed by atoms with van der Waals surface area (Å²) >= 11 is 0. The van der Waals surface area contributed by atoms with E-state index in [1.54, 1.807) is 7.11 Å². The molecular formula is C10H17NO. The Morgan fingerprint density at radius 1 is 1.50 bits per heavy atom. The van der Waals surface area contributed by atoms with E-state index in [0.717, 1.165) is 13.2 Å². The summed E-state index contributed by atoms with van der Waals surface area (Å²) in [5.74, 6) is 0. The summed E-state index contributed by atoms with van der Waals surface area (Å²) in [6, 6.07) is 0. The highest BCUT2D eigenvalue weighted by Crippen LogP contribution is 2.11. The van der Waals surface area contributed by atoms with Crippen LogP contribution < -0.4 is 0 Å². The third-order valence-electron chi connectivity index (χ3n) is 2.05. The molecule has 1 aliphatic carbocycles. The molecule has 0 unspecified atom stereocenters. The number of allylic oxidation sites excluding steroid dienone is 3. The number of ether oxygens (including phenoxy) is 1. The molecule has 0 aromatic rings. The lowest BCUT2D eigenvalue weighted by molar-refractivity contribution is 0.175. The molecule has 0 aromatic heterocycles. The maximum Gasteiger partial charge on any atom is 0.0637 e. The number of hydrogen-bond acceptors (Lipinski definition) is 2. The van der Waals surface area contributed by atoms with E-state index in [1.807, 2.05) is 0 Å². The Kier molecular flexibility index (Phi) is 3.88. The summed E-state index contributed by atoms with van der Waals surface area (Å²) in [6.45, 7) is 1.76. The SMILES string of the molecule is COCCN(C)C1=CCCC=C1. The Hall–Kier alpha value is -0.760. The molecule has 1 rings (SSSR count). The molecule has 0 amide bonds. The van der Waals surface area contributed by atoms with Crippen molar-refractivity contribution < 1.29 is 4.74 Å². The number of likely N-dealkylation sites (N-methyl/N-ethyl adjacent to an activating group) is 1. The Morgan fingerprint density at radius 3 is 2.92 bits per heavy atom. The number of rotatable bonds is 4. The Bertz CT molecular complexity index is 184. The lowest BCUT2D eigenvalue weighted by Crippen LogP contribution is -2.21. The van der Waals surface area contributed by atoms with Gasteiger partial charge in [-0.1, -0.05) is 12.2 Å². The third kappa shape index (κ3) is 2.70. The predicted molar refractivity (Wildman–Crippen MR) is 51.0 cm³/mol. The molecule has 12 heavy (non-hydrogen) atoms. The fourth-order valence-corrected chi connectivity index (χ4v) is 1.24. The van der Waals surface area contributed by atoms with E-state index in [0.29, 0.717) is 0 Å². The van der Waals surface area contributed by atoms with Gasteiger partial charge >= 0.3 is 0 Å². The summed E-state index contributed by atoms with van der Waals surface area (Å²) in [4.78, 5) is 2.22. The van der Waals surface area contributed by atoms with Crippen molar-refractivity contribution in [2.75, 3.05) is 27.3 Å². The zero-order chi connectivity index (χ0) is 8.81. The highest BCUT2D eigenvalue weighted by Gasteiger charge is 2.02. The first-order chi connectivity index (χ1) is 5.84. The number of nitrogens with zero attached hydrogens (tertiary/aromatic N) is 1. The zero-order valence-corrected chi connectivity index (χ0v) is 7.92. The Morgan fingerprint density at radius 2 is 2.33 bits per heavy atom. The maximum absolute atomic E-state index is 5.01. The normalized spacial score (nSPS) is 16.0. The van der Waals surface area contributed by atoms with Gasteiger partial charge in [-0.25, -0.2) is 0 Å². The Labute approximate surface area is 74.5 Å². The summed E-state index contributed by atoms with van der Waals surface area (Å²) < 4.78 is 5.01. The fourth-order valence-electron chi connectivity index (χ4n) is 1.24. The first-order valence-corrected chi connectivity index (χ1v) is 4.41. The average molecular weight is 167 g/mol. The minimum atomic E-state index is 0.793. The fraction of sp³-hybridized carbons (Fsp3) is 0.600. The van der Waals surface area contributed by atoms with Gasteiger partial charge < -0.3 is 9.64 Å². The second-order valence-electron chi connectivity index (χ2n) is 3.02. The van der Waals surface area contributed by atoms with Crippen molar-refractivity contribution >= 4 is 0 Å². The van der Waals surface area contributed by atoms with Crippen molar-refractivity contribution in [3.8, 4) is 0 Å². The molecular weight excluding hydrogens is 150 g/mol. The smallest absolute Gasteiger partial charge is 0.0637 e. The number of methoxy groups -OCH3 is 1. The molecule has 0 fully saturated rings. The van der Waals surface area contributed by atoms with Crippen LogP contribution in [0.5, 0.6) is 0 Å². The van der Waals surface area contributed by atoms with Gasteiger partial charge in [0.2, 0.25) is 0 Å². The maximum atomic E-state index is 5.01. The van der Waals surface area contributed by atoms with E-state index in [-0.39, 0.29) is 0 Å². The van der Waals surface area contributed by atoms with E-state index in [1.165, 1.54) is 18.5 Å². The summed E-state index contributed by atoms with van der Waals surface area (Å²) in [5, 5.41) is 0. The van der Waals surface area contributed by atoms with Crippen molar-refractivity contribution in [3.63, 3.8) is 0 Å². The summed E-state index contributed by atoms with van der Waals surface area (Å²) in [5.41, 5.74) is 1.32. The molecule has 0 spiro atoms. The molecule has 0 heterocycles. The predicted octanol–water partition coefficient (Wildman–Crippen LogP) is 1.80. The minimum Gasteiger partial charge on any atom is -0.383 e.